The molecule has 20 heavy (non-hydrogen) atoms. The summed E-state index contributed by atoms with van der Waals surface area (Å²) in [5, 5.41) is 21.0. The smallest absolute Gasteiger partial charge is 0.299 e. The van der Waals surface area contributed by atoms with Crippen molar-refractivity contribution >= 4 is 15.8 Å². The number of benzene rings is 1. The first-order valence-electron chi connectivity index (χ1n) is 6.48. The summed E-state index contributed by atoms with van der Waals surface area (Å²) in [7, 11) is -4.03. The lowest BCUT2D eigenvalue weighted by Crippen LogP contribution is -2.27. The zero-order valence-corrected chi connectivity index (χ0v) is 12.1. The molecule has 1 atom stereocenters. The second-order valence-electron chi connectivity index (χ2n) is 5.02. The van der Waals surface area contributed by atoms with Gasteiger partial charge in [-0.2, -0.15) is 8.42 Å². The minimum Gasteiger partial charge on any atom is -0.394 e. The van der Waals surface area contributed by atoms with E-state index >= 15 is 0 Å². The monoisotopic (exact) mass is 301 g/mol. The Morgan fingerprint density at radius 3 is 2.75 bits per heavy atom. The van der Waals surface area contributed by atoms with Crippen molar-refractivity contribution < 1.29 is 22.8 Å². The zero-order chi connectivity index (χ0) is 14.8. The summed E-state index contributed by atoms with van der Waals surface area (Å²) in [5.41, 5.74) is 1.48. The van der Waals surface area contributed by atoms with E-state index in [1.807, 2.05) is 6.07 Å². The number of aliphatic hydroxyl groups is 2. The van der Waals surface area contributed by atoms with E-state index in [1.54, 1.807) is 6.07 Å². The van der Waals surface area contributed by atoms with Gasteiger partial charge in [0.15, 0.2) is 0 Å². The van der Waals surface area contributed by atoms with Crippen molar-refractivity contribution in [2.45, 2.75) is 24.3 Å². The first-order chi connectivity index (χ1) is 9.47. The van der Waals surface area contributed by atoms with E-state index in [-0.39, 0.29) is 4.90 Å². The molecule has 1 heterocycles. The number of nitrogens with one attached hydrogen (secondary N) is 1. The molecule has 1 aliphatic rings. The van der Waals surface area contributed by atoms with Gasteiger partial charge < -0.3 is 15.5 Å². The Balaban J connectivity index is 2.35. The second kappa shape index (κ2) is 6.09. The van der Waals surface area contributed by atoms with Crippen LogP contribution in [-0.4, -0.2) is 44.5 Å². The molecule has 1 aromatic carbocycles. The lowest BCUT2D eigenvalue weighted by Gasteiger charge is -2.25. The molecule has 2 rings (SSSR count). The van der Waals surface area contributed by atoms with Crippen molar-refractivity contribution in [3.63, 3.8) is 0 Å². The summed E-state index contributed by atoms with van der Waals surface area (Å²) < 4.78 is 29.3. The molecule has 1 unspecified atom stereocenters. The molecule has 0 saturated carbocycles. The highest BCUT2D eigenvalue weighted by molar-refractivity contribution is 7.87. The largest absolute Gasteiger partial charge is 0.394 e. The Kier molecular flexibility index (Phi) is 4.64. The quantitative estimate of drug-likeness (QED) is 0.679. The maximum absolute atomic E-state index is 12.2. The summed E-state index contributed by atoms with van der Waals surface area (Å²) in [4.78, 5) is 0.0498. The van der Waals surface area contributed by atoms with Gasteiger partial charge in [0.2, 0.25) is 0 Å². The van der Waals surface area contributed by atoms with Crippen LogP contribution >= 0.6 is 0 Å². The highest BCUT2D eigenvalue weighted by Gasteiger charge is 2.27. The van der Waals surface area contributed by atoms with E-state index in [4.69, 9.17) is 14.4 Å². The van der Waals surface area contributed by atoms with Crippen LogP contribution in [0.4, 0.5) is 5.69 Å². The van der Waals surface area contributed by atoms with Crippen molar-refractivity contribution in [2.24, 2.45) is 5.92 Å². The molecule has 3 N–H and O–H groups in total. The molecule has 0 bridgehead atoms. The number of para-hydroxylation sites is 1. The van der Waals surface area contributed by atoms with Crippen molar-refractivity contribution in [2.75, 3.05) is 25.1 Å². The van der Waals surface area contributed by atoms with Crippen molar-refractivity contribution in [3.05, 3.63) is 23.8 Å². The number of fused-ring (bicyclic) bond motifs is 1. The molecular weight excluding hydrogens is 282 g/mol. The van der Waals surface area contributed by atoms with Gasteiger partial charge in [-0.1, -0.05) is 19.1 Å². The molecule has 0 fully saturated rings. The van der Waals surface area contributed by atoms with Crippen molar-refractivity contribution in [1.82, 2.24) is 0 Å². The number of aliphatic hydroxyl groups excluding tert-OH is 2. The van der Waals surface area contributed by atoms with Gasteiger partial charge in [-0.15, -0.1) is 0 Å². The summed E-state index contributed by atoms with van der Waals surface area (Å²) in [6.07, 6.45) is -0.340. The highest BCUT2D eigenvalue weighted by Crippen LogP contribution is 2.32. The first kappa shape index (κ1) is 15.2. The van der Waals surface area contributed by atoms with Gasteiger partial charge in [0.25, 0.3) is 10.1 Å². The van der Waals surface area contributed by atoms with Crippen LogP contribution in [0.5, 0.6) is 0 Å². The zero-order valence-electron chi connectivity index (χ0n) is 11.2. The summed E-state index contributed by atoms with van der Waals surface area (Å²) in [6.45, 7) is 1.66. The fourth-order valence-corrected chi connectivity index (χ4v) is 3.51. The predicted octanol–water partition coefficient (Wildman–Crippen LogP) is 0.349. The minimum absolute atomic E-state index is 0.0498. The topological polar surface area (TPSA) is 95.9 Å². The normalized spacial score (nSPS) is 18.7. The third kappa shape index (κ3) is 3.12. The van der Waals surface area contributed by atoms with Crippen LogP contribution in [0.25, 0.3) is 0 Å². The van der Waals surface area contributed by atoms with Gasteiger partial charge >= 0.3 is 0 Å². The Morgan fingerprint density at radius 1 is 1.40 bits per heavy atom. The van der Waals surface area contributed by atoms with Gasteiger partial charge in [-0.05, 0) is 24.0 Å². The predicted molar refractivity (Wildman–Crippen MR) is 74.0 cm³/mol. The summed E-state index contributed by atoms with van der Waals surface area (Å²) >= 11 is 0. The van der Waals surface area contributed by atoms with Crippen LogP contribution in [0.15, 0.2) is 23.1 Å². The van der Waals surface area contributed by atoms with Crippen LogP contribution < -0.4 is 5.32 Å². The molecule has 1 aliphatic heterocycles. The molecule has 0 aromatic heterocycles. The second-order valence-corrected chi connectivity index (χ2v) is 6.56. The summed E-state index contributed by atoms with van der Waals surface area (Å²) in [5.74, 6) is 0.434. The third-order valence-electron chi connectivity index (χ3n) is 3.25. The molecule has 0 amide bonds. The Labute approximate surface area is 118 Å². The van der Waals surface area contributed by atoms with E-state index in [2.05, 4.69) is 12.2 Å². The standard InChI is InChI=1S/C13H19NO5S/c1-9-5-10-3-2-4-12(13(10)14-6-9)20(17,18)19-11(7-15)8-16/h2-4,9,11,14-16H,5-8H2,1H3. The molecule has 7 heteroatoms. The Bertz CT molecular complexity index is 568. The molecular formula is C13H19NO5S. The van der Waals surface area contributed by atoms with Gasteiger partial charge in [0.05, 0.1) is 18.9 Å². The number of hydrogen-bond donors (Lipinski definition) is 3. The molecule has 0 aliphatic carbocycles. The lowest BCUT2D eigenvalue weighted by atomic mass is 9.96. The molecule has 6 nitrogen and oxygen atoms in total. The molecule has 0 radical (unpaired) electrons. The fraction of sp³-hybridized carbons (Fsp3) is 0.538. The van der Waals surface area contributed by atoms with E-state index in [9.17, 15) is 8.42 Å². The van der Waals surface area contributed by atoms with Crippen LogP contribution in [0.1, 0.15) is 12.5 Å². The molecule has 0 saturated heterocycles. The van der Waals surface area contributed by atoms with Gasteiger partial charge in [-0.25, -0.2) is 0 Å². The number of hydrogen-bond acceptors (Lipinski definition) is 6. The first-order valence-corrected chi connectivity index (χ1v) is 7.89. The van der Waals surface area contributed by atoms with E-state index in [0.29, 0.717) is 18.2 Å². The molecule has 1 aromatic rings. The van der Waals surface area contributed by atoms with Crippen molar-refractivity contribution in [3.8, 4) is 0 Å². The van der Waals surface area contributed by atoms with E-state index in [0.717, 1.165) is 12.0 Å². The highest BCUT2D eigenvalue weighted by atomic mass is 32.2. The van der Waals surface area contributed by atoms with Gasteiger partial charge in [0.1, 0.15) is 11.0 Å². The Morgan fingerprint density at radius 2 is 2.10 bits per heavy atom. The average molecular weight is 301 g/mol. The van der Waals surface area contributed by atoms with Gasteiger partial charge in [0, 0.05) is 6.54 Å². The van der Waals surface area contributed by atoms with Crippen LogP contribution in [-0.2, 0) is 20.7 Å². The fourth-order valence-electron chi connectivity index (χ4n) is 2.23. The summed E-state index contributed by atoms with van der Waals surface area (Å²) in [6, 6.07) is 5.01. The third-order valence-corrected chi connectivity index (χ3v) is 4.65. The van der Waals surface area contributed by atoms with Crippen LogP contribution in [0, 0.1) is 5.92 Å². The van der Waals surface area contributed by atoms with Gasteiger partial charge in [-0.3, -0.25) is 4.18 Å². The average Bonchev–Trinajstić information content (AvgIpc) is 2.43. The van der Waals surface area contributed by atoms with Crippen molar-refractivity contribution in [1.29, 1.82) is 0 Å². The minimum atomic E-state index is -4.03. The maximum Gasteiger partial charge on any atom is 0.299 e. The number of rotatable bonds is 5. The molecule has 0 spiro atoms. The van der Waals surface area contributed by atoms with Crippen LogP contribution in [0.2, 0.25) is 0 Å². The van der Waals surface area contributed by atoms with E-state index in [1.165, 1.54) is 6.07 Å². The van der Waals surface area contributed by atoms with E-state index < -0.39 is 29.4 Å². The van der Waals surface area contributed by atoms with Crippen LogP contribution in [0.3, 0.4) is 0 Å². The Hall–Kier alpha value is -1.15. The maximum atomic E-state index is 12.2. The molecule has 112 valence electrons. The lowest BCUT2D eigenvalue weighted by molar-refractivity contribution is 0.0675. The SMILES string of the molecule is CC1CNc2c(cccc2S(=O)(=O)OC(CO)CO)C1. The number of anilines is 1.